The molecule has 0 saturated carbocycles. The first-order valence-corrected chi connectivity index (χ1v) is 11.7. The molecule has 30 heavy (non-hydrogen) atoms. The van der Waals surface area contributed by atoms with E-state index in [-0.39, 0.29) is 5.38 Å². The Morgan fingerprint density at radius 1 is 1.30 bits per heavy atom. The number of aliphatic imine (C=N–C) groups is 1. The van der Waals surface area contributed by atoms with Gasteiger partial charge in [0.15, 0.2) is 0 Å². The number of H-pyrrole nitrogens is 2. The zero-order valence-electron chi connectivity index (χ0n) is 18.0. The van der Waals surface area contributed by atoms with E-state index in [0.717, 1.165) is 47.8 Å². The van der Waals surface area contributed by atoms with Crippen molar-refractivity contribution in [3.8, 4) is 0 Å². The Morgan fingerprint density at radius 2 is 2.17 bits per heavy atom. The van der Waals surface area contributed by atoms with E-state index in [4.69, 9.17) is 21.3 Å². The van der Waals surface area contributed by atoms with E-state index in [9.17, 15) is 0 Å². The maximum Gasteiger partial charge on any atom is 0.146 e. The van der Waals surface area contributed by atoms with Crippen LogP contribution in [0.3, 0.4) is 0 Å². The molecule has 1 aliphatic heterocycles. The van der Waals surface area contributed by atoms with Gasteiger partial charge in [-0.1, -0.05) is 26.2 Å². The Morgan fingerprint density at radius 3 is 2.93 bits per heavy atom. The summed E-state index contributed by atoms with van der Waals surface area (Å²) in [5, 5.41) is 0.218. The standard InChI is InChI=1S/C25H32ClN3O/c1-3-18(26)13-17-9-6-4-5-7-10-19-14-20(17)22(28-19)15-24-25(30-2)16-23(29-24)21-11-8-12-27-21/h8,11-12,14-18,27-28H,3-7,9-10,13H2,1-2H3/b24-15+. The van der Waals surface area contributed by atoms with E-state index in [0.29, 0.717) is 5.92 Å². The summed E-state index contributed by atoms with van der Waals surface area (Å²) in [4.78, 5) is 11.8. The van der Waals surface area contributed by atoms with Crippen LogP contribution in [-0.4, -0.2) is 28.2 Å². The van der Waals surface area contributed by atoms with E-state index >= 15 is 0 Å². The summed E-state index contributed by atoms with van der Waals surface area (Å²) in [6, 6.07) is 6.39. The van der Waals surface area contributed by atoms with E-state index in [2.05, 4.69) is 29.0 Å². The number of alkyl halides is 1. The number of aromatic amines is 2. The number of ether oxygens (including phenoxy) is 1. The van der Waals surface area contributed by atoms with Crippen LogP contribution in [-0.2, 0) is 11.2 Å². The fraction of sp³-hybridized carbons (Fsp3) is 0.480. The lowest BCUT2D eigenvalue weighted by molar-refractivity contribution is 0.303. The van der Waals surface area contributed by atoms with Crippen LogP contribution in [0.15, 0.2) is 46.9 Å². The van der Waals surface area contributed by atoms with Crippen molar-refractivity contribution in [2.24, 2.45) is 4.99 Å². The van der Waals surface area contributed by atoms with Gasteiger partial charge in [0, 0.05) is 29.0 Å². The average Bonchev–Trinajstić information content (AvgIpc) is 3.49. The molecule has 1 aliphatic carbocycles. The normalized spacial score (nSPS) is 22.0. The molecular formula is C25H32ClN3O. The third-order valence-electron chi connectivity index (χ3n) is 6.24. The third-order valence-corrected chi connectivity index (χ3v) is 6.73. The van der Waals surface area contributed by atoms with Crippen molar-refractivity contribution in [3.05, 3.63) is 64.6 Å². The molecule has 5 heteroatoms. The minimum absolute atomic E-state index is 0.218. The van der Waals surface area contributed by atoms with Crippen molar-refractivity contribution in [2.45, 2.75) is 69.6 Å². The number of hydrogen-bond donors (Lipinski definition) is 2. The number of methoxy groups -OCH3 is 1. The Labute approximate surface area is 184 Å². The van der Waals surface area contributed by atoms with Crippen molar-refractivity contribution in [2.75, 3.05) is 7.11 Å². The third kappa shape index (κ3) is 4.75. The predicted molar refractivity (Wildman–Crippen MR) is 125 cm³/mol. The van der Waals surface area contributed by atoms with Crippen LogP contribution in [0, 0.1) is 0 Å². The average molecular weight is 426 g/mol. The zero-order valence-corrected chi connectivity index (χ0v) is 18.8. The number of halogens is 1. The van der Waals surface area contributed by atoms with E-state index in [1.807, 2.05) is 24.4 Å². The molecule has 0 aromatic carbocycles. The number of aromatic nitrogens is 2. The number of fused-ring (bicyclic) bond motifs is 2. The Balaban J connectivity index is 1.71. The first-order valence-electron chi connectivity index (χ1n) is 11.2. The summed E-state index contributed by atoms with van der Waals surface area (Å²) < 4.78 is 5.65. The molecule has 2 N–H and O–H groups in total. The van der Waals surface area contributed by atoms with Gasteiger partial charge in [0.25, 0.3) is 0 Å². The molecule has 0 radical (unpaired) electrons. The molecule has 2 aliphatic rings. The van der Waals surface area contributed by atoms with Gasteiger partial charge in [-0.3, -0.25) is 0 Å². The van der Waals surface area contributed by atoms with Crippen LogP contribution in [0.2, 0.25) is 0 Å². The SMILES string of the molecule is CCC(Cl)CC1CCCCCCc2cc1c(/C=C1/N=C(c3ccc[nH]3)C=C1OC)[nH]2. The van der Waals surface area contributed by atoms with E-state index < -0.39 is 0 Å². The van der Waals surface area contributed by atoms with E-state index in [1.54, 1.807) is 7.11 Å². The predicted octanol–water partition coefficient (Wildman–Crippen LogP) is 6.71. The second-order valence-corrected chi connectivity index (χ2v) is 8.99. The van der Waals surface area contributed by atoms with Gasteiger partial charge >= 0.3 is 0 Å². The molecule has 2 aromatic heterocycles. The number of aryl methyl sites for hydroxylation is 1. The summed E-state index contributed by atoms with van der Waals surface area (Å²) >= 11 is 6.61. The molecule has 0 spiro atoms. The van der Waals surface area contributed by atoms with Gasteiger partial charge in [-0.05, 0) is 67.9 Å². The topological polar surface area (TPSA) is 53.2 Å². The van der Waals surface area contributed by atoms with Crippen LogP contribution in [0.1, 0.15) is 80.4 Å². The van der Waals surface area contributed by atoms with E-state index in [1.165, 1.54) is 43.4 Å². The number of rotatable bonds is 6. The smallest absolute Gasteiger partial charge is 0.146 e. The molecular weight excluding hydrogens is 394 g/mol. The summed E-state index contributed by atoms with van der Waals surface area (Å²) in [5.74, 6) is 1.27. The molecule has 3 heterocycles. The summed E-state index contributed by atoms with van der Waals surface area (Å²) in [6.07, 6.45) is 15.5. The van der Waals surface area contributed by atoms with Crippen molar-refractivity contribution < 1.29 is 4.74 Å². The van der Waals surface area contributed by atoms with Crippen molar-refractivity contribution in [1.82, 2.24) is 9.97 Å². The monoisotopic (exact) mass is 425 g/mol. The quantitative estimate of drug-likeness (QED) is 0.496. The first kappa shape index (κ1) is 21.0. The second kappa shape index (κ2) is 9.74. The molecule has 160 valence electrons. The first-order chi connectivity index (χ1) is 14.7. The van der Waals surface area contributed by atoms with Crippen LogP contribution in [0.5, 0.6) is 0 Å². The molecule has 2 bridgehead atoms. The number of allylic oxidation sites excluding steroid dienone is 1. The van der Waals surface area contributed by atoms with Crippen LogP contribution < -0.4 is 0 Å². The molecule has 4 rings (SSSR count). The lowest BCUT2D eigenvalue weighted by atomic mass is 9.87. The maximum atomic E-state index is 6.61. The van der Waals surface area contributed by atoms with Gasteiger partial charge in [-0.15, -0.1) is 11.6 Å². The summed E-state index contributed by atoms with van der Waals surface area (Å²) in [7, 11) is 1.71. The van der Waals surface area contributed by atoms with Gasteiger partial charge in [0.1, 0.15) is 11.5 Å². The minimum atomic E-state index is 0.218. The highest BCUT2D eigenvalue weighted by Gasteiger charge is 2.23. The highest BCUT2D eigenvalue weighted by Crippen LogP contribution is 2.36. The van der Waals surface area contributed by atoms with Crippen LogP contribution >= 0.6 is 11.6 Å². The van der Waals surface area contributed by atoms with Gasteiger partial charge in [-0.25, -0.2) is 4.99 Å². The number of nitrogens with one attached hydrogen (secondary N) is 2. The Hall–Kier alpha value is -2.20. The fourth-order valence-corrected chi connectivity index (χ4v) is 4.74. The Bertz CT molecular complexity index is 936. The molecule has 2 aromatic rings. The van der Waals surface area contributed by atoms with Crippen molar-refractivity contribution in [1.29, 1.82) is 0 Å². The second-order valence-electron chi connectivity index (χ2n) is 8.38. The van der Waals surface area contributed by atoms with Gasteiger partial charge in [0.05, 0.1) is 18.5 Å². The van der Waals surface area contributed by atoms with Gasteiger partial charge in [0.2, 0.25) is 0 Å². The van der Waals surface area contributed by atoms with Gasteiger partial charge in [-0.2, -0.15) is 0 Å². The molecule has 0 saturated heterocycles. The molecule has 4 nitrogen and oxygen atoms in total. The highest BCUT2D eigenvalue weighted by atomic mass is 35.5. The molecule has 0 amide bonds. The summed E-state index contributed by atoms with van der Waals surface area (Å²) in [6.45, 7) is 2.17. The van der Waals surface area contributed by atoms with Crippen molar-refractivity contribution >= 4 is 23.4 Å². The number of nitrogens with zero attached hydrogens (tertiary/aromatic N) is 1. The lowest BCUT2D eigenvalue weighted by Gasteiger charge is -2.20. The Kier molecular flexibility index (Phi) is 6.83. The molecule has 0 fully saturated rings. The van der Waals surface area contributed by atoms with Crippen LogP contribution in [0.4, 0.5) is 0 Å². The summed E-state index contributed by atoms with van der Waals surface area (Å²) in [5.41, 5.74) is 6.63. The van der Waals surface area contributed by atoms with Crippen LogP contribution in [0.25, 0.3) is 6.08 Å². The fourth-order valence-electron chi connectivity index (χ4n) is 4.52. The number of hydrogen-bond acceptors (Lipinski definition) is 2. The lowest BCUT2D eigenvalue weighted by Crippen LogP contribution is -2.08. The maximum absolute atomic E-state index is 6.61. The molecule has 2 atom stereocenters. The zero-order chi connectivity index (χ0) is 20.9. The minimum Gasteiger partial charge on any atom is -0.494 e. The van der Waals surface area contributed by atoms with Gasteiger partial charge < -0.3 is 14.7 Å². The molecule has 2 unspecified atom stereocenters. The highest BCUT2D eigenvalue weighted by molar-refractivity contribution is 6.20. The largest absolute Gasteiger partial charge is 0.494 e. The van der Waals surface area contributed by atoms with Crippen molar-refractivity contribution in [3.63, 3.8) is 0 Å².